The second kappa shape index (κ2) is 2.62. The van der Waals surface area contributed by atoms with Crippen molar-refractivity contribution in [2.45, 2.75) is 19.6 Å². The summed E-state index contributed by atoms with van der Waals surface area (Å²) in [6, 6.07) is 0. The Bertz CT molecular complexity index is 113. The van der Waals surface area contributed by atoms with Crippen LogP contribution in [-0.4, -0.2) is 16.8 Å². The molecule has 0 aromatic carbocycles. The molecule has 0 fully saturated rings. The van der Waals surface area contributed by atoms with Crippen molar-refractivity contribution in [1.29, 1.82) is 0 Å². The van der Waals surface area contributed by atoms with Gasteiger partial charge in [-0.15, -0.1) is 0 Å². The van der Waals surface area contributed by atoms with Crippen LogP contribution in [0.1, 0.15) is 13.8 Å². The largest absolute Gasteiger partial charge is 0.343 e. The molecule has 0 saturated heterocycles. The summed E-state index contributed by atoms with van der Waals surface area (Å²) in [5.41, 5.74) is 5.17. The molecule has 2 unspecified atom stereocenters. The summed E-state index contributed by atoms with van der Waals surface area (Å²) >= 11 is 0. The zero-order chi connectivity index (χ0) is 6.78. The predicted octanol–water partition coefficient (Wildman–Crippen LogP) is 0.581. The molecule has 0 amide bonds. The first kappa shape index (κ1) is 8.15. The van der Waals surface area contributed by atoms with E-state index in [2.05, 4.69) is 0 Å². The lowest BCUT2D eigenvalue weighted by Gasteiger charge is -2.11. The molecule has 0 aliphatic heterocycles. The van der Waals surface area contributed by atoms with E-state index in [1.54, 1.807) is 13.8 Å². The van der Waals surface area contributed by atoms with Crippen molar-refractivity contribution in [3.8, 4) is 0 Å². The topological polar surface area (TPSA) is 63.3 Å². The Morgan fingerprint density at radius 2 is 2.25 bits per heavy atom. The average molecular weight is 137 g/mol. The predicted molar refractivity (Wildman–Crippen MR) is 34.0 cm³/mol. The van der Waals surface area contributed by atoms with Crippen LogP contribution in [-0.2, 0) is 4.57 Å². The zero-order valence-electron chi connectivity index (χ0n) is 5.16. The number of nitrogens with two attached hydrogens (primary N) is 1. The van der Waals surface area contributed by atoms with Gasteiger partial charge in [0.2, 0.25) is 7.37 Å². The summed E-state index contributed by atoms with van der Waals surface area (Å²) in [6.45, 7) is 3.20. The third-order valence-corrected chi connectivity index (χ3v) is 3.27. The molecule has 0 radical (unpaired) electrons. The molecule has 0 rings (SSSR count). The van der Waals surface area contributed by atoms with E-state index < -0.39 is 13.2 Å². The number of hydrogen-bond donors (Lipinski definition) is 2. The van der Waals surface area contributed by atoms with Crippen LogP contribution < -0.4 is 5.73 Å². The lowest BCUT2D eigenvalue weighted by atomic mass is 10.8. The summed E-state index contributed by atoms with van der Waals surface area (Å²) in [4.78, 5) is 8.83. The van der Waals surface area contributed by atoms with Gasteiger partial charge in [0.15, 0.2) is 0 Å². The second-order valence-corrected chi connectivity index (χ2v) is 4.77. The first-order valence-electron chi connectivity index (χ1n) is 2.57. The Morgan fingerprint density at radius 3 is 2.25 bits per heavy atom. The van der Waals surface area contributed by atoms with Crippen molar-refractivity contribution in [3.05, 3.63) is 0 Å². The fraction of sp³-hybridized carbons (Fsp3) is 1.00. The molecule has 2 atom stereocenters. The maximum absolute atomic E-state index is 10.7. The molecule has 50 valence electrons. The summed E-state index contributed by atoms with van der Waals surface area (Å²) in [5, 5.41) is 0. The molecule has 8 heavy (non-hydrogen) atoms. The van der Waals surface area contributed by atoms with E-state index in [4.69, 9.17) is 10.6 Å². The molecule has 0 bridgehead atoms. The standard InChI is InChI=1S/C4H12NO2P/c1-3-8(6,7)4(2)5/h4H,3,5H2,1-2H3,(H,6,7). The van der Waals surface area contributed by atoms with Crippen LogP contribution in [0.15, 0.2) is 0 Å². The first-order valence-corrected chi connectivity index (χ1v) is 4.49. The van der Waals surface area contributed by atoms with E-state index in [-0.39, 0.29) is 6.16 Å². The maximum atomic E-state index is 10.7. The van der Waals surface area contributed by atoms with Crippen molar-refractivity contribution in [2.75, 3.05) is 6.16 Å². The van der Waals surface area contributed by atoms with E-state index in [1.165, 1.54) is 0 Å². The fourth-order valence-electron chi connectivity index (χ4n) is 0.288. The van der Waals surface area contributed by atoms with Crippen molar-refractivity contribution >= 4 is 7.37 Å². The van der Waals surface area contributed by atoms with E-state index >= 15 is 0 Å². The van der Waals surface area contributed by atoms with Gasteiger partial charge in [0.1, 0.15) is 0 Å². The van der Waals surface area contributed by atoms with E-state index in [0.29, 0.717) is 0 Å². The first-order chi connectivity index (χ1) is 3.50. The van der Waals surface area contributed by atoms with Gasteiger partial charge in [-0.1, -0.05) is 6.92 Å². The second-order valence-electron chi connectivity index (χ2n) is 1.81. The van der Waals surface area contributed by atoms with Crippen LogP contribution in [0.2, 0.25) is 0 Å². The van der Waals surface area contributed by atoms with Crippen LogP contribution in [0.5, 0.6) is 0 Å². The monoisotopic (exact) mass is 137 g/mol. The van der Waals surface area contributed by atoms with Crippen molar-refractivity contribution < 1.29 is 9.46 Å². The van der Waals surface area contributed by atoms with Gasteiger partial charge in [-0.3, -0.25) is 4.57 Å². The zero-order valence-corrected chi connectivity index (χ0v) is 6.06. The number of hydrogen-bond acceptors (Lipinski definition) is 2. The molecular weight excluding hydrogens is 125 g/mol. The van der Waals surface area contributed by atoms with Gasteiger partial charge in [0.05, 0.1) is 5.78 Å². The Kier molecular flexibility index (Phi) is 2.67. The summed E-state index contributed by atoms with van der Waals surface area (Å²) in [6.07, 6.45) is 0.269. The molecule has 0 saturated carbocycles. The van der Waals surface area contributed by atoms with Gasteiger partial charge < -0.3 is 10.6 Å². The average Bonchev–Trinajstić information content (AvgIpc) is 1.67. The SMILES string of the molecule is CCP(=O)(O)C(C)N. The minimum absolute atomic E-state index is 0.269. The Labute approximate surface area is 49.3 Å². The highest BCUT2D eigenvalue weighted by Crippen LogP contribution is 2.42. The molecule has 4 heteroatoms. The molecule has 0 aliphatic rings. The lowest BCUT2D eigenvalue weighted by Crippen LogP contribution is -2.15. The van der Waals surface area contributed by atoms with Crippen LogP contribution in [0.3, 0.4) is 0 Å². The van der Waals surface area contributed by atoms with E-state index in [0.717, 1.165) is 0 Å². The molecule has 3 nitrogen and oxygen atoms in total. The molecule has 3 N–H and O–H groups in total. The molecular formula is C4H12NO2P. The Morgan fingerprint density at radius 1 is 1.88 bits per heavy atom. The minimum Gasteiger partial charge on any atom is -0.343 e. The third-order valence-electron chi connectivity index (χ3n) is 1.09. The van der Waals surface area contributed by atoms with Gasteiger partial charge in [-0.2, -0.15) is 0 Å². The Hall–Kier alpha value is 0.150. The molecule has 0 heterocycles. The molecule has 0 aliphatic carbocycles. The van der Waals surface area contributed by atoms with Gasteiger partial charge in [0, 0.05) is 6.16 Å². The van der Waals surface area contributed by atoms with Crippen molar-refractivity contribution in [3.63, 3.8) is 0 Å². The smallest absolute Gasteiger partial charge is 0.216 e. The van der Waals surface area contributed by atoms with Gasteiger partial charge >= 0.3 is 0 Å². The third kappa shape index (κ3) is 1.95. The van der Waals surface area contributed by atoms with E-state index in [9.17, 15) is 4.57 Å². The van der Waals surface area contributed by atoms with Crippen LogP contribution in [0.25, 0.3) is 0 Å². The van der Waals surface area contributed by atoms with Crippen LogP contribution in [0, 0.1) is 0 Å². The minimum atomic E-state index is -2.97. The number of rotatable bonds is 2. The lowest BCUT2D eigenvalue weighted by molar-refractivity contribution is 0.468. The highest BCUT2D eigenvalue weighted by Gasteiger charge is 2.19. The highest BCUT2D eigenvalue weighted by atomic mass is 31.2. The Balaban J connectivity index is 3.93. The van der Waals surface area contributed by atoms with Crippen molar-refractivity contribution in [1.82, 2.24) is 0 Å². The van der Waals surface area contributed by atoms with Crippen molar-refractivity contribution in [2.24, 2.45) is 5.73 Å². The fourth-order valence-corrected chi connectivity index (χ4v) is 0.864. The van der Waals surface area contributed by atoms with Gasteiger partial charge in [-0.05, 0) is 6.92 Å². The van der Waals surface area contributed by atoms with Gasteiger partial charge in [-0.25, -0.2) is 0 Å². The quantitative estimate of drug-likeness (QED) is 0.547. The van der Waals surface area contributed by atoms with Crippen LogP contribution in [0.4, 0.5) is 0 Å². The molecule has 0 spiro atoms. The normalized spacial score (nSPS) is 22.0. The molecule has 0 aromatic heterocycles. The van der Waals surface area contributed by atoms with Gasteiger partial charge in [0.25, 0.3) is 0 Å². The summed E-state index contributed by atoms with van der Waals surface area (Å²) in [7, 11) is -2.97. The maximum Gasteiger partial charge on any atom is 0.216 e. The summed E-state index contributed by atoms with van der Waals surface area (Å²) in [5.74, 6) is -0.576. The molecule has 0 aromatic rings. The highest BCUT2D eigenvalue weighted by molar-refractivity contribution is 7.58. The summed E-state index contributed by atoms with van der Waals surface area (Å²) < 4.78 is 10.7. The van der Waals surface area contributed by atoms with Crippen LogP contribution >= 0.6 is 7.37 Å². The van der Waals surface area contributed by atoms with E-state index in [1.807, 2.05) is 0 Å².